The van der Waals surface area contributed by atoms with Gasteiger partial charge in [-0.15, -0.1) is 0 Å². The van der Waals surface area contributed by atoms with Crippen LogP contribution in [0.15, 0.2) is 45.8 Å². The lowest BCUT2D eigenvalue weighted by atomic mass is 10.2. The normalized spacial score (nSPS) is 11.7. The number of imidazole rings is 1. The van der Waals surface area contributed by atoms with E-state index in [1.165, 1.54) is 8.87 Å². The summed E-state index contributed by atoms with van der Waals surface area (Å²) in [6.45, 7) is 3.52. The summed E-state index contributed by atoms with van der Waals surface area (Å²) in [5.41, 5.74) is 2.21. The number of nitrogens with zero attached hydrogens (tertiary/aromatic N) is 3. The highest BCUT2D eigenvalue weighted by atomic mass is 79.9. The van der Waals surface area contributed by atoms with Crippen LogP contribution in [0, 0.1) is 13.8 Å². The zero-order valence-corrected chi connectivity index (χ0v) is 17.2. The molecule has 0 aliphatic rings. The van der Waals surface area contributed by atoms with Crippen molar-refractivity contribution >= 4 is 42.9 Å². The first-order valence-corrected chi connectivity index (χ1v) is 10.1. The van der Waals surface area contributed by atoms with E-state index in [9.17, 15) is 13.2 Å². The van der Waals surface area contributed by atoms with Crippen molar-refractivity contribution in [1.29, 1.82) is 0 Å². The molecule has 0 N–H and O–H groups in total. The number of hydrogen-bond donors (Lipinski definition) is 0. The van der Waals surface area contributed by atoms with E-state index in [1.54, 1.807) is 57.4 Å². The number of benzene rings is 2. The summed E-state index contributed by atoms with van der Waals surface area (Å²) in [5, 5.41) is 0. The number of aromatic nitrogens is 2. The molecule has 0 fully saturated rings. The van der Waals surface area contributed by atoms with Crippen LogP contribution in [0.2, 0.25) is 0 Å². The molecule has 6 nitrogen and oxygen atoms in total. The highest BCUT2D eigenvalue weighted by Crippen LogP contribution is 2.30. The molecule has 0 bridgehead atoms. The van der Waals surface area contributed by atoms with Gasteiger partial charge in [-0.3, -0.25) is 4.79 Å². The second-order valence-electron chi connectivity index (χ2n) is 6.27. The Bertz CT molecular complexity index is 1120. The molecular formula is C18H18BrN3O3S. The van der Waals surface area contributed by atoms with Gasteiger partial charge in [0.15, 0.2) is 0 Å². The average molecular weight is 436 g/mol. The number of rotatable bonds is 3. The molecule has 136 valence electrons. The van der Waals surface area contributed by atoms with Gasteiger partial charge in [-0.25, -0.2) is 17.4 Å². The van der Waals surface area contributed by atoms with Gasteiger partial charge < -0.3 is 4.90 Å². The van der Waals surface area contributed by atoms with E-state index in [4.69, 9.17) is 0 Å². The van der Waals surface area contributed by atoms with Gasteiger partial charge >= 0.3 is 0 Å². The van der Waals surface area contributed by atoms with Crippen molar-refractivity contribution < 1.29 is 13.2 Å². The first-order chi connectivity index (χ1) is 12.1. The van der Waals surface area contributed by atoms with Crippen LogP contribution in [0.25, 0.3) is 11.0 Å². The fourth-order valence-corrected chi connectivity index (χ4v) is 4.75. The van der Waals surface area contributed by atoms with Gasteiger partial charge in [0.2, 0.25) is 0 Å². The van der Waals surface area contributed by atoms with Crippen LogP contribution in [0.4, 0.5) is 0 Å². The molecule has 0 aliphatic carbocycles. The minimum atomic E-state index is -3.84. The van der Waals surface area contributed by atoms with Gasteiger partial charge in [0.25, 0.3) is 15.9 Å². The third-order valence-corrected chi connectivity index (χ3v) is 6.46. The highest BCUT2D eigenvalue weighted by molar-refractivity contribution is 9.10. The molecule has 0 unspecified atom stereocenters. The zero-order valence-electron chi connectivity index (χ0n) is 14.8. The Morgan fingerprint density at radius 1 is 1.12 bits per heavy atom. The quantitative estimate of drug-likeness (QED) is 0.632. The highest BCUT2D eigenvalue weighted by Gasteiger charge is 2.24. The number of aryl methyl sites for hydroxylation is 2. The van der Waals surface area contributed by atoms with Crippen molar-refractivity contribution in [3.63, 3.8) is 0 Å². The number of amides is 1. The molecule has 0 aliphatic heterocycles. The number of fused-ring (bicyclic) bond motifs is 1. The lowest BCUT2D eigenvalue weighted by molar-refractivity contribution is 0.0827. The van der Waals surface area contributed by atoms with E-state index in [2.05, 4.69) is 20.9 Å². The molecule has 2 aromatic carbocycles. The monoisotopic (exact) mass is 435 g/mol. The third kappa shape index (κ3) is 3.03. The van der Waals surface area contributed by atoms with Crippen molar-refractivity contribution in [2.75, 3.05) is 14.1 Å². The molecule has 0 atom stereocenters. The van der Waals surface area contributed by atoms with E-state index in [1.807, 2.05) is 6.92 Å². The first-order valence-electron chi connectivity index (χ1n) is 7.85. The van der Waals surface area contributed by atoms with Gasteiger partial charge in [0, 0.05) is 24.1 Å². The lowest BCUT2D eigenvalue weighted by Crippen LogP contribution is -2.22. The SMILES string of the molecule is Cc1ccc(S(=O)(=O)n2c(C)nc3c(Br)cc(C(=O)N(C)C)cc32)cc1. The Kier molecular flexibility index (Phi) is 4.66. The molecule has 0 saturated carbocycles. The predicted octanol–water partition coefficient (Wildman–Crippen LogP) is 3.35. The van der Waals surface area contributed by atoms with Crippen molar-refractivity contribution in [1.82, 2.24) is 13.9 Å². The molecule has 0 spiro atoms. The van der Waals surface area contributed by atoms with Gasteiger partial charge in [0.05, 0.1) is 10.4 Å². The van der Waals surface area contributed by atoms with Gasteiger partial charge in [-0.1, -0.05) is 17.7 Å². The summed E-state index contributed by atoms with van der Waals surface area (Å²) in [7, 11) is -0.551. The maximum atomic E-state index is 13.2. The third-order valence-electron chi connectivity index (χ3n) is 4.04. The smallest absolute Gasteiger partial charge is 0.269 e. The van der Waals surface area contributed by atoms with E-state index >= 15 is 0 Å². The Balaban J connectivity index is 2.30. The van der Waals surface area contributed by atoms with Crippen molar-refractivity contribution in [3.05, 3.63) is 57.8 Å². The van der Waals surface area contributed by atoms with Crippen LogP contribution in [0.1, 0.15) is 21.7 Å². The Morgan fingerprint density at radius 2 is 1.73 bits per heavy atom. The number of carbonyl (C=O) groups is 1. The summed E-state index contributed by atoms with van der Waals surface area (Å²) < 4.78 is 28.1. The topological polar surface area (TPSA) is 72.3 Å². The molecule has 1 heterocycles. The van der Waals surface area contributed by atoms with Crippen LogP contribution in [0.5, 0.6) is 0 Å². The molecule has 1 amide bonds. The maximum absolute atomic E-state index is 13.2. The average Bonchev–Trinajstić information content (AvgIpc) is 2.91. The zero-order chi connectivity index (χ0) is 19.2. The van der Waals surface area contributed by atoms with Gasteiger partial charge in [-0.05, 0) is 54.0 Å². The number of halogens is 1. The first kappa shape index (κ1) is 18.6. The summed E-state index contributed by atoms with van der Waals surface area (Å²) in [6.07, 6.45) is 0. The fraction of sp³-hybridized carbons (Fsp3) is 0.222. The Labute approximate surface area is 160 Å². The van der Waals surface area contributed by atoms with E-state index in [0.717, 1.165) is 5.56 Å². The molecule has 1 aromatic heterocycles. The lowest BCUT2D eigenvalue weighted by Gasteiger charge is -2.12. The fourth-order valence-electron chi connectivity index (χ4n) is 2.73. The second-order valence-corrected chi connectivity index (χ2v) is 8.91. The van der Waals surface area contributed by atoms with Crippen LogP contribution >= 0.6 is 15.9 Å². The minimum absolute atomic E-state index is 0.172. The van der Waals surface area contributed by atoms with Crippen molar-refractivity contribution in [3.8, 4) is 0 Å². The summed E-state index contributed by atoms with van der Waals surface area (Å²) in [4.78, 5) is 18.3. The predicted molar refractivity (Wildman–Crippen MR) is 104 cm³/mol. The minimum Gasteiger partial charge on any atom is -0.345 e. The van der Waals surface area contributed by atoms with Crippen LogP contribution in [-0.2, 0) is 10.0 Å². The Hall–Kier alpha value is -2.19. The van der Waals surface area contributed by atoms with Crippen molar-refractivity contribution in [2.45, 2.75) is 18.7 Å². The van der Waals surface area contributed by atoms with E-state index < -0.39 is 10.0 Å². The van der Waals surface area contributed by atoms with E-state index in [0.29, 0.717) is 26.9 Å². The largest absolute Gasteiger partial charge is 0.345 e. The Morgan fingerprint density at radius 3 is 2.31 bits per heavy atom. The molecule has 0 saturated heterocycles. The summed E-state index contributed by atoms with van der Waals surface area (Å²) in [5.74, 6) is 0.112. The second kappa shape index (κ2) is 6.51. The van der Waals surface area contributed by atoms with Gasteiger partial charge in [-0.2, -0.15) is 0 Å². The van der Waals surface area contributed by atoms with Crippen LogP contribution < -0.4 is 0 Å². The molecule has 26 heavy (non-hydrogen) atoms. The van der Waals surface area contributed by atoms with Crippen LogP contribution in [-0.4, -0.2) is 42.3 Å². The van der Waals surface area contributed by atoms with Gasteiger partial charge in [0.1, 0.15) is 11.3 Å². The summed E-state index contributed by atoms with van der Waals surface area (Å²) in [6, 6.07) is 9.85. The molecule has 3 rings (SSSR count). The number of carbonyl (C=O) groups excluding carboxylic acids is 1. The van der Waals surface area contributed by atoms with Crippen molar-refractivity contribution in [2.24, 2.45) is 0 Å². The van der Waals surface area contributed by atoms with Crippen LogP contribution in [0.3, 0.4) is 0 Å². The molecule has 0 radical (unpaired) electrons. The number of hydrogen-bond acceptors (Lipinski definition) is 4. The molecule has 8 heteroatoms. The maximum Gasteiger partial charge on any atom is 0.269 e. The molecular weight excluding hydrogens is 418 g/mol. The summed E-state index contributed by atoms with van der Waals surface area (Å²) >= 11 is 3.40. The molecule has 3 aromatic rings. The van der Waals surface area contributed by atoms with E-state index in [-0.39, 0.29) is 10.8 Å². The standard InChI is InChI=1S/C18H18BrN3O3S/c1-11-5-7-14(8-6-11)26(24,25)22-12(2)20-17-15(19)9-13(10-16(17)22)18(23)21(3)4/h5-10H,1-4H3.